The van der Waals surface area contributed by atoms with E-state index >= 15 is 0 Å². The lowest BCUT2D eigenvalue weighted by molar-refractivity contribution is 0.0732. The van der Waals surface area contributed by atoms with Crippen molar-refractivity contribution < 1.29 is 9.21 Å². The van der Waals surface area contributed by atoms with Gasteiger partial charge < -0.3 is 14.3 Å². The summed E-state index contributed by atoms with van der Waals surface area (Å²) in [6, 6.07) is 7.94. The summed E-state index contributed by atoms with van der Waals surface area (Å²) in [5.74, 6) is 0.0224. The Balaban J connectivity index is 1.69. The number of carbonyl (C=O) groups is 1. The number of aromatic nitrogens is 1. The minimum absolute atomic E-state index is 0.0224. The van der Waals surface area contributed by atoms with Crippen LogP contribution < -0.4 is 0 Å². The Kier molecular flexibility index (Phi) is 2.89. The number of rotatable bonds is 1. The van der Waals surface area contributed by atoms with E-state index in [1.807, 2.05) is 11.0 Å². The van der Waals surface area contributed by atoms with Gasteiger partial charge in [0.05, 0.1) is 18.4 Å². The maximum atomic E-state index is 12.4. The van der Waals surface area contributed by atoms with E-state index in [4.69, 9.17) is 4.42 Å². The molecule has 3 heterocycles. The lowest BCUT2D eigenvalue weighted by atomic mass is 10.0. The minimum atomic E-state index is 0.0224. The van der Waals surface area contributed by atoms with Crippen LogP contribution in [0.2, 0.25) is 0 Å². The number of hydrogen-bond donors (Lipinski definition) is 1. The quantitative estimate of drug-likeness (QED) is 0.731. The van der Waals surface area contributed by atoms with Crippen molar-refractivity contribution >= 4 is 32.7 Å². The standard InChI is InChI=1S/C16H13BrN2O2/c17-11-1-2-14-13(7-11)12-3-5-19(8-15(12)18-14)16(20)10-4-6-21-9-10/h1-2,4,6-7,9,18H,3,5,8H2. The van der Waals surface area contributed by atoms with Crippen molar-refractivity contribution in [2.45, 2.75) is 13.0 Å². The molecule has 106 valence electrons. The molecular weight excluding hydrogens is 332 g/mol. The number of nitrogens with one attached hydrogen (secondary N) is 1. The summed E-state index contributed by atoms with van der Waals surface area (Å²) in [6.45, 7) is 1.35. The SMILES string of the molecule is O=C(c1ccoc1)N1CCc2c([nH]c3ccc(Br)cc23)C1. The molecule has 1 aromatic carbocycles. The second-order valence-electron chi connectivity index (χ2n) is 5.26. The van der Waals surface area contributed by atoms with E-state index in [0.29, 0.717) is 12.1 Å². The Labute approximate surface area is 129 Å². The van der Waals surface area contributed by atoms with Crippen LogP contribution >= 0.6 is 15.9 Å². The number of amides is 1. The summed E-state index contributed by atoms with van der Waals surface area (Å²) in [5.41, 5.74) is 4.19. The van der Waals surface area contributed by atoms with Crippen molar-refractivity contribution in [1.29, 1.82) is 0 Å². The Morgan fingerprint density at radius 2 is 2.24 bits per heavy atom. The average Bonchev–Trinajstić information content (AvgIpc) is 3.13. The molecule has 1 N–H and O–H groups in total. The Morgan fingerprint density at radius 1 is 1.33 bits per heavy atom. The first-order chi connectivity index (χ1) is 10.2. The normalized spacial score (nSPS) is 14.4. The molecule has 0 radical (unpaired) electrons. The lowest BCUT2D eigenvalue weighted by Gasteiger charge is -2.26. The lowest BCUT2D eigenvalue weighted by Crippen LogP contribution is -2.35. The smallest absolute Gasteiger partial charge is 0.257 e. The molecule has 0 atom stereocenters. The second-order valence-corrected chi connectivity index (χ2v) is 6.18. The number of nitrogens with zero attached hydrogens (tertiary/aromatic N) is 1. The fraction of sp³-hybridized carbons (Fsp3) is 0.188. The van der Waals surface area contributed by atoms with Crippen LogP contribution in [0.15, 0.2) is 45.7 Å². The highest BCUT2D eigenvalue weighted by Crippen LogP contribution is 2.30. The molecule has 0 aliphatic carbocycles. The molecule has 4 nitrogen and oxygen atoms in total. The van der Waals surface area contributed by atoms with E-state index in [-0.39, 0.29) is 5.91 Å². The van der Waals surface area contributed by atoms with Crippen molar-refractivity contribution in [2.75, 3.05) is 6.54 Å². The second kappa shape index (κ2) is 4.77. The van der Waals surface area contributed by atoms with Gasteiger partial charge in [-0.1, -0.05) is 15.9 Å². The van der Waals surface area contributed by atoms with Crippen molar-refractivity contribution in [3.05, 3.63) is 58.1 Å². The number of aromatic amines is 1. The van der Waals surface area contributed by atoms with Crippen LogP contribution in [0.5, 0.6) is 0 Å². The van der Waals surface area contributed by atoms with E-state index in [1.165, 1.54) is 23.5 Å². The van der Waals surface area contributed by atoms with Gasteiger partial charge in [0.1, 0.15) is 6.26 Å². The van der Waals surface area contributed by atoms with Gasteiger partial charge >= 0.3 is 0 Å². The summed E-state index contributed by atoms with van der Waals surface area (Å²) in [5, 5.41) is 1.25. The minimum Gasteiger partial charge on any atom is -0.472 e. The molecule has 21 heavy (non-hydrogen) atoms. The van der Waals surface area contributed by atoms with Gasteiger partial charge in [-0.25, -0.2) is 0 Å². The Bertz CT molecular complexity index is 820. The van der Waals surface area contributed by atoms with Crippen LogP contribution in [0.1, 0.15) is 21.6 Å². The van der Waals surface area contributed by atoms with Crippen LogP contribution in [-0.2, 0) is 13.0 Å². The molecule has 0 unspecified atom stereocenters. The van der Waals surface area contributed by atoms with Crippen LogP contribution in [0, 0.1) is 0 Å². The summed E-state index contributed by atoms with van der Waals surface area (Å²) in [4.78, 5) is 17.7. The third kappa shape index (κ3) is 2.08. The van der Waals surface area contributed by atoms with E-state index in [2.05, 4.69) is 33.0 Å². The molecule has 0 spiro atoms. The third-order valence-corrected chi connectivity index (χ3v) is 4.49. The van der Waals surface area contributed by atoms with Crippen LogP contribution in [0.3, 0.4) is 0 Å². The van der Waals surface area contributed by atoms with Gasteiger partial charge in [0.25, 0.3) is 5.91 Å². The highest BCUT2D eigenvalue weighted by atomic mass is 79.9. The fourth-order valence-corrected chi connectivity index (χ4v) is 3.32. The molecule has 0 saturated carbocycles. The van der Waals surface area contributed by atoms with Gasteiger partial charge in [-0.05, 0) is 36.2 Å². The van der Waals surface area contributed by atoms with Gasteiger partial charge in [0.2, 0.25) is 0 Å². The number of hydrogen-bond acceptors (Lipinski definition) is 2. The van der Waals surface area contributed by atoms with Gasteiger partial charge in [-0.3, -0.25) is 4.79 Å². The Morgan fingerprint density at radius 3 is 3.05 bits per heavy atom. The van der Waals surface area contributed by atoms with E-state index in [1.54, 1.807) is 6.07 Å². The molecule has 4 rings (SSSR count). The molecule has 3 aromatic rings. The molecule has 5 heteroatoms. The van der Waals surface area contributed by atoms with Crippen molar-refractivity contribution in [3.63, 3.8) is 0 Å². The molecule has 0 fully saturated rings. The number of halogens is 1. The van der Waals surface area contributed by atoms with Gasteiger partial charge in [-0.2, -0.15) is 0 Å². The average molecular weight is 345 g/mol. The topological polar surface area (TPSA) is 49.2 Å². The molecule has 1 amide bonds. The summed E-state index contributed by atoms with van der Waals surface area (Å²) < 4.78 is 6.07. The van der Waals surface area contributed by atoms with Crippen molar-refractivity contribution in [2.24, 2.45) is 0 Å². The van der Waals surface area contributed by atoms with Crippen LogP contribution in [0.25, 0.3) is 10.9 Å². The summed E-state index contributed by atoms with van der Waals surface area (Å²) in [7, 11) is 0. The largest absolute Gasteiger partial charge is 0.472 e. The predicted octanol–water partition coefficient (Wildman–Crippen LogP) is 3.72. The van der Waals surface area contributed by atoms with Crippen molar-refractivity contribution in [3.8, 4) is 0 Å². The number of benzene rings is 1. The molecule has 0 saturated heterocycles. The molecular formula is C16H13BrN2O2. The molecule has 1 aliphatic rings. The van der Waals surface area contributed by atoms with E-state index in [9.17, 15) is 4.79 Å². The zero-order chi connectivity index (χ0) is 14.4. The maximum absolute atomic E-state index is 12.4. The first-order valence-electron chi connectivity index (χ1n) is 6.83. The number of furan rings is 1. The predicted molar refractivity (Wildman–Crippen MR) is 83.2 cm³/mol. The summed E-state index contributed by atoms with van der Waals surface area (Å²) >= 11 is 3.52. The van der Waals surface area contributed by atoms with E-state index in [0.717, 1.165) is 28.6 Å². The van der Waals surface area contributed by atoms with Crippen molar-refractivity contribution in [1.82, 2.24) is 9.88 Å². The van der Waals surface area contributed by atoms with Gasteiger partial charge in [-0.15, -0.1) is 0 Å². The van der Waals surface area contributed by atoms with E-state index < -0.39 is 0 Å². The first-order valence-corrected chi connectivity index (χ1v) is 7.62. The zero-order valence-corrected chi connectivity index (χ0v) is 12.8. The van der Waals surface area contributed by atoms with Gasteiger partial charge in [0, 0.05) is 27.6 Å². The zero-order valence-electron chi connectivity index (χ0n) is 11.2. The first kappa shape index (κ1) is 12.7. The number of H-pyrrole nitrogens is 1. The highest BCUT2D eigenvalue weighted by molar-refractivity contribution is 9.10. The molecule has 1 aliphatic heterocycles. The monoisotopic (exact) mass is 344 g/mol. The third-order valence-electron chi connectivity index (χ3n) is 3.99. The number of fused-ring (bicyclic) bond motifs is 3. The Hall–Kier alpha value is -2.01. The summed E-state index contributed by atoms with van der Waals surface area (Å²) in [6.07, 6.45) is 3.90. The highest BCUT2D eigenvalue weighted by Gasteiger charge is 2.25. The maximum Gasteiger partial charge on any atom is 0.257 e. The number of carbonyl (C=O) groups excluding carboxylic acids is 1. The molecule has 2 aromatic heterocycles. The van der Waals surface area contributed by atoms with Crippen LogP contribution in [0.4, 0.5) is 0 Å². The van der Waals surface area contributed by atoms with Crippen LogP contribution in [-0.4, -0.2) is 22.3 Å². The fourth-order valence-electron chi connectivity index (χ4n) is 2.95. The molecule has 0 bridgehead atoms. The van der Waals surface area contributed by atoms with Gasteiger partial charge in [0.15, 0.2) is 0 Å².